The minimum atomic E-state index is -0.502. The minimum absolute atomic E-state index is 0.0227. The molecule has 1 aromatic carbocycles. The molecule has 0 radical (unpaired) electrons. The van der Waals surface area contributed by atoms with Crippen LogP contribution in [0.3, 0.4) is 0 Å². The van der Waals surface area contributed by atoms with Gasteiger partial charge in [-0.3, -0.25) is 0 Å². The normalized spacial score (nSPS) is 13.6. The van der Waals surface area contributed by atoms with Crippen LogP contribution in [0.25, 0.3) is 11.5 Å². The van der Waals surface area contributed by atoms with Crippen LogP contribution in [-0.2, 0) is 6.54 Å². The Morgan fingerprint density at radius 2 is 2.11 bits per heavy atom. The third-order valence-electron chi connectivity index (χ3n) is 4.44. The smallest absolute Gasteiger partial charge is 0.229 e. The molecule has 0 saturated carbocycles. The summed E-state index contributed by atoms with van der Waals surface area (Å²) in [5.41, 5.74) is 1.79. The maximum absolute atomic E-state index is 13.9. The summed E-state index contributed by atoms with van der Waals surface area (Å²) in [6.07, 6.45) is 0. The van der Waals surface area contributed by atoms with E-state index in [-0.39, 0.29) is 10.9 Å². The van der Waals surface area contributed by atoms with Crippen LogP contribution in [0.2, 0.25) is 10.0 Å². The minimum Gasteiger partial charge on any atom is -0.365 e. The summed E-state index contributed by atoms with van der Waals surface area (Å²) in [7, 11) is 0. The molecule has 4 rings (SSSR count). The molecular weight excluding hydrogens is 406 g/mol. The number of anilines is 2. The first-order valence-corrected chi connectivity index (χ1v) is 9.52. The van der Waals surface area contributed by atoms with Crippen molar-refractivity contribution in [2.45, 2.75) is 26.3 Å². The van der Waals surface area contributed by atoms with Gasteiger partial charge >= 0.3 is 0 Å². The number of aromatic nitrogens is 4. The van der Waals surface area contributed by atoms with Gasteiger partial charge in [-0.1, -0.05) is 42.2 Å². The first kappa shape index (κ1) is 18.9. The summed E-state index contributed by atoms with van der Waals surface area (Å²) in [5, 5.41) is 16.0. The molecule has 1 N–H and O–H groups in total. The Morgan fingerprint density at radius 3 is 2.86 bits per heavy atom. The lowest BCUT2D eigenvalue weighted by molar-refractivity contribution is 0.365. The summed E-state index contributed by atoms with van der Waals surface area (Å²) in [5.74, 6) is 1.13. The van der Waals surface area contributed by atoms with Crippen molar-refractivity contribution in [2.24, 2.45) is 0 Å². The zero-order valence-electron chi connectivity index (χ0n) is 15.2. The molecule has 1 aliphatic rings. The van der Waals surface area contributed by atoms with E-state index in [1.807, 2.05) is 24.8 Å². The molecule has 0 bridgehead atoms. The Bertz CT molecular complexity index is 1030. The summed E-state index contributed by atoms with van der Waals surface area (Å²) in [6.45, 7) is 5.58. The second-order valence-corrected chi connectivity index (χ2v) is 7.53. The van der Waals surface area contributed by atoms with Crippen molar-refractivity contribution in [3.63, 3.8) is 0 Å². The van der Waals surface area contributed by atoms with E-state index in [0.717, 1.165) is 5.69 Å². The molecule has 0 saturated heterocycles. The molecule has 10 heteroatoms. The Balaban J connectivity index is 1.69. The van der Waals surface area contributed by atoms with Crippen molar-refractivity contribution in [3.8, 4) is 11.5 Å². The van der Waals surface area contributed by atoms with Crippen LogP contribution in [0.4, 0.5) is 15.9 Å². The first-order valence-electron chi connectivity index (χ1n) is 8.77. The number of rotatable bonds is 4. The van der Waals surface area contributed by atoms with Gasteiger partial charge in [0, 0.05) is 36.1 Å². The van der Waals surface area contributed by atoms with Gasteiger partial charge in [-0.05, 0) is 18.2 Å². The van der Waals surface area contributed by atoms with Crippen LogP contribution in [-0.4, -0.2) is 33.4 Å². The molecule has 146 valence electrons. The fourth-order valence-corrected chi connectivity index (χ4v) is 3.42. The average molecular weight is 423 g/mol. The number of benzene rings is 1. The zero-order valence-corrected chi connectivity index (χ0v) is 16.7. The lowest BCUT2D eigenvalue weighted by Crippen LogP contribution is -2.34. The predicted molar refractivity (Wildman–Crippen MR) is 105 cm³/mol. The lowest BCUT2D eigenvalue weighted by Gasteiger charge is -2.31. The molecule has 0 amide bonds. The highest BCUT2D eigenvalue weighted by molar-refractivity contribution is 6.36. The van der Waals surface area contributed by atoms with E-state index < -0.39 is 5.82 Å². The first-order chi connectivity index (χ1) is 13.4. The van der Waals surface area contributed by atoms with Gasteiger partial charge in [0.25, 0.3) is 0 Å². The second kappa shape index (κ2) is 7.52. The number of nitrogens with zero attached hydrogens (tertiary/aromatic N) is 5. The van der Waals surface area contributed by atoms with Crippen molar-refractivity contribution < 1.29 is 8.91 Å². The van der Waals surface area contributed by atoms with Gasteiger partial charge < -0.3 is 14.7 Å². The van der Waals surface area contributed by atoms with Gasteiger partial charge in [-0.15, -0.1) is 10.2 Å². The van der Waals surface area contributed by atoms with Crippen molar-refractivity contribution >= 4 is 34.7 Å². The highest BCUT2D eigenvalue weighted by atomic mass is 35.5. The van der Waals surface area contributed by atoms with E-state index in [1.165, 1.54) is 12.1 Å². The molecule has 0 aliphatic carbocycles. The molecule has 0 spiro atoms. The monoisotopic (exact) mass is 422 g/mol. The number of hydrogen-bond acceptors (Lipinski definition) is 7. The molecule has 7 nitrogen and oxygen atoms in total. The Labute approximate surface area is 170 Å². The van der Waals surface area contributed by atoms with Gasteiger partial charge in [-0.2, -0.15) is 4.98 Å². The van der Waals surface area contributed by atoms with Gasteiger partial charge in [-0.25, -0.2) is 4.39 Å². The summed E-state index contributed by atoms with van der Waals surface area (Å²) >= 11 is 12.4. The van der Waals surface area contributed by atoms with Crippen molar-refractivity contribution in [1.29, 1.82) is 0 Å². The zero-order chi connectivity index (χ0) is 19.8. The Kier molecular flexibility index (Phi) is 5.07. The average Bonchev–Trinajstić information content (AvgIpc) is 3.18. The highest BCUT2D eigenvalue weighted by Gasteiger charge is 2.23. The van der Waals surface area contributed by atoms with Crippen LogP contribution in [0.5, 0.6) is 0 Å². The van der Waals surface area contributed by atoms with Crippen molar-refractivity contribution in [2.75, 3.05) is 23.3 Å². The van der Waals surface area contributed by atoms with Gasteiger partial charge in [0.2, 0.25) is 11.7 Å². The van der Waals surface area contributed by atoms with Crippen LogP contribution in [0, 0.1) is 5.82 Å². The maximum atomic E-state index is 13.9. The third kappa shape index (κ3) is 3.49. The quantitative estimate of drug-likeness (QED) is 0.618. The largest absolute Gasteiger partial charge is 0.365 e. The molecule has 1 aliphatic heterocycles. The molecule has 3 heterocycles. The Morgan fingerprint density at radius 1 is 1.29 bits per heavy atom. The molecule has 28 heavy (non-hydrogen) atoms. The second-order valence-electron chi connectivity index (χ2n) is 6.74. The van der Waals surface area contributed by atoms with Crippen LogP contribution < -0.4 is 10.2 Å². The SMILES string of the molecule is CC(C)c1nc(-c2cc3c(nn2)NCCN3Cc2c(Cl)ccc(F)c2Cl)no1. The molecular formula is C18H17Cl2FN6O. The summed E-state index contributed by atoms with van der Waals surface area (Å²) < 4.78 is 19.1. The van der Waals surface area contributed by atoms with E-state index in [4.69, 9.17) is 27.7 Å². The van der Waals surface area contributed by atoms with Gasteiger partial charge in [0.15, 0.2) is 5.82 Å². The number of nitrogens with one attached hydrogen (secondary N) is 1. The molecule has 3 aromatic rings. The summed E-state index contributed by atoms with van der Waals surface area (Å²) in [4.78, 5) is 6.38. The third-order valence-corrected chi connectivity index (χ3v) is 5.20. The number of fused-ring (bicyclic) bond motifs is 1. The Hall–Kier alpha value is -2.45. The maximum Gasteiger partial charge on any atom is 0.229 e. The molecule has 2 aromatic heterocycles. The molecule has 0 fully saturated rings. The summed E-state index contributed by atoms with van der Waals surface area (Å²) in [6, 6.07) is 4.58. The van der Waals surface area contributed by atoms with E-state index in [0.29, 0.717) is 53.4 Å². The van der Waals surface area contributed by atoms with Crippen LogP contribution in [0.15, 0.2) is 22.7 Å². The van der Waals surface area contributed by atoms with Crippen LogP contribution in [0.1, 0.15) is 31.2 Å². The highest BCUT2D eigenvalue weighted by Crippen LogP contribution is 2.34. The van der Waals surface area contributed by atoms with E-state index in [1.54, 1.807) is 0 Å². The van der Waals surface area contributed by atoms with Gasteiger partial charge in [0.1, 0.15) is 11.5 Å². The van der Waals surface area contributed by atoms with Crippen LogP contribution >= 0.6 is 23.2 Å². The van der Waals surface area contributed by atoms with E-state index in [9.17, 15) is 4.39 Å². The molecule has 0 atom stereocenters. The van der Waals surface area contributed by atoms with E-state index in [2.05, 4.69) is 25.7 Å². The van der Waals surface area contributed by atoms with Crippen molar-refractivity contribution in [3.05, 3.63) is 45.5 Å². The lowest BCUT2D eigenvalue weighted by atomic mass is 10.1. The number of halogens is 3. The predicted octanol–water partition coefficient (Wildman–Crippen LogP) is 4.53. The fraction of sp³-hybridized carbons (Fsp3) is 0.333. The topological polar surface area (TPSA) is 80.0 Å². The van der Waals surface area contributed by atoms with Crippen molar-refractivity contribution in [1.82, 2.24) is 20.3 Å². The van der Waals surface area contributed by atoms with Gasteiger partial charge in [0.05, 0.1) is 10.7 Å². The standard InChI is InChI=1S/C18H17Cl2FN6O/c1-9(2)18-23-16(26-28-18)13-7-14-17(25-24-13)22-5-6-27(14)8-10-11(19)3-4-12(21)15(10)20/h3-4,7,9H,5-6,8H2,1-2H3,(H,22,25). The fourth-order valence-electron chi connectivity index (χ4n) is 2.93. The number of hydrogen-bond donors (Lipinski definition) is 1. The van der Waals surface area contributed by atoms with E-state index >= 15 is 0 Å². The molecule has 0 unspecified atom stereocenters.